The summed E-state index contributed by atoms with van der Waals surface area (Å²) in [5.74, 6) is -0.285. The first-order valence-corrected chi connectivity index (χ1v) is 9.49. The first-order chi connectivity index (χ1) is 12.5. The number of benzene rings is 2. The van der Waals surface area contributed by atoms with Crippen molar-refractivity contribution in [2.45, 2.75) is 24.9 Å². The Kier molecular flexibility index (Phi) is 4.68. The topological polar surface area (TPSA) is 29.5 Å². The molecular weight excluding hydrogens is 369 g/mol. The summed E-state index contributed by atoms with van der Waals surface area (Å²) in [6.07, 6.45) is 4.78. The van der Waals surface area contributed by atoms with Crippen molar-refractivity contribution in [2.24, 2.45) is 0 Å². The molecule has 2 aromatic rings. The molecule has 3 nitrogen and oxygen atoms in total. The molecule has 2 fully saturated rings. The third kappa shape index (κ3) is 3.60. The third-order valence-electron chi connectivity index (χ3n) is 5.02. The number of carbonyl (C=O) groups excluding carboxylic acids is 1. The molecule has 0 aromatic heterocycles. The van der Waals surface area contributed by atoms with Gasteiger partial charge in [0.05, 0.1) is 12.1 Å². The highest BCUT2D eigenvalue weighted by atomic mass is 35.5. The van der Waals surface area contributed by atoms with Gasteiger partial charge < -0.3 is 9.64 Å². The van der Waals surface area contributed by atoms with Crippen LogP contribution in [0.15, 0.2) is 54.2 Å². The number of piperidine rings is 1. The highest BCUT2D eigenvalue weighted by Crippen LogP contribution is 2.42. The molecule has 2 aromatic carbocycles. The Balaban J connectivity index is 1.55. The summed E-state index contributed by atoms with van der Waals surface area (Å²) in [5, 5.41) is 1.33. The van der Waals surface area contributed by atoms with Crippen molar-refractivity contribution in [3.8, 4) is 0 Å². The predicted octanol–water partition coefficient (Wildman–Crippen LogP) is 5.43. The number of fused-ring (bicyclic) bond motifs is 2. The van der Waals surface area contributed by atoms with Crippen LogP contribution >= 0.6 is 23.2 Å². The van der Waals surface area contributed by atoms with Gasteiger partial charge >= 0.3 is 5.97 Å². The summed E-state index contributed by atoms with van der Waals surface area (Å²) >= 11 is 12.0. The van der Waals surface area contributed by atoms with Crippen molar-refractivity contribution in [2.75, 3.05) is 13.1 Å². The highest BCUT2D eigenvalue weighted by molar-refractivity contribution is 6.31. The largest absolute Gasteiger partial charge is 0.453 e. The minimum Gasteiger partial charge on any atom is -0.453 e. The fraction of sp³-hybridized carbons (Fsp3) is 0.286. The molecule has 5 heteroatoms. The van der Waals surface area contributed by atoms with Crippen LogP contribution in [0.1, 0.15) is 35.2 Å². The van der Waals surface area contributed by atoms with Gasteiger partial charge in [0.25, 0.3) is 0 Å². The maximum Gasteiger partial charge on any atom is 0.338 e. The lowest BCUT2D eigenvalue weighted by Crippen LogP contribution is -2.42. The van der Waals surface area contributed by atoms with Gasteiger partial charge in [0, 0.05) is 28.7 Å². The van der Waals surface area contributed by atoms with E-state index in [9.17, 15) is 4.79 Å². The van der Waals surface area contributed by atoms with Gasteiger partial charge in [-0.05, 0) is 60.9 Å². The Bertz CT molecular complexity index is 863. The molecule has 0 radical (unpaired) electrons. The molecule has 1 atom stereocenters. The van der Waals surface area contributed by atoms with Crippen molar-refractivity contribution in [3.05, 3.63) is 75.4 Å². The van der Waals surface area contributed by atoms with Crippen LogP contribution in [0.25, 0.3) is 6.08 Å². The minimum atomic E-state index is -0.445. The van der Waals surface area contributed by atoms with Gasteiger partial charge in [-0.15, -0.1) is 0 Å². The molecule has 4 rings (SSSR count). The maximum absolute atomic E-state index is 12.6. The van der Waals surface area contributed by atoms with Gasteiger partial charge in [-0.2, -0.15) is 0 Å². The molecule has 0 saturated carbocycles. The standard InChI is InChI=1S/C21H19Cl2NO2/c22-17-7-5-16(6-8-17)20(25)26-21-9-2-10-24(14-21)19(13-21)12-15-3-1-4-18(23)11-15/h1,3-8,11-12H,2,9-10,13-14H2/b19-12+. The van der Waals surface area contributed by atoms with Gasteiger partial charge in [0.2, 0.25) is 0 Å². The maximum atomic E-state index is 12.6. The third-order valence-corrected chi connectivity index (χ3v) is 5.51. The van der Waals surface area contributed by atoms with Crippen LogP contribution in [0.5, 0.6) is 0 Å². The Labute approximate surface area is 163 Å². The van der Waals surface area contributed by atoms with Gasteiger partial charge in [0.15, 0.2) is 0 Å². The second kappa shape index (κ2) is 6.98. The Morgan fingerprint density at radius 3 is 2.69 bits per heavy atom. The lowest BCUT2D eigenvalue weighted by molar-refractivity contribution is -0.0270. The lowest BCUT2D eigenvalue weighted by Gasteiger charge is -2.33. The molecule has 0 N–H and O–H groups in total. The van der Waals surface area contributed by atoms with E-state index in [0.29, 0.717) is 10.6 Å². The van der Waals surface area contributed by atoms with Gasteiger partial charge in [0.1, 0.15) is 5.60 Å². The van der Waals surface area contributed by atoms with Gasteiger partial charge in [-0.3, -0.25) is 0 Å². The molecular formula is C21H19Cl2NO2. The number of carbonyl (C=O) groups is 1. The highest BCUT2D eigenvalue weighted by Gasteiger charge is 2.46. The first-order valence-electron chi connectivity index (χ1n) is 8.73. The smallest absolute Gasteiger partial charge is 0.338 e. The summed E-state index contributed by atoms with van der Waals surface area (Å²) in [6.45, 7) is 1.74. The Morgan fingerprint density at radius 2 is 1.92 bits per heavy atom. The second-order valence-corrected chi connectivity index (χ2v) is 7.84. The number of hydrogen-bond donors (Lipinski definition) is 0. The monoisotopic (exact) mass is 387 g/mol. The molecule has 134 valence electrons. The number of nitrogens with zero attached hydrogens (tertiary/aromatic N) is 1. The Morgan fingerprint density at radius 1 is 1.12 bits per heavy atom. The normalized spacial score (nSPS) is 23.3. The number of hydrogen-bond acceptors (Lipinski definition) is 3. The first kappa shape index (κ1) is 17.4. The van der Waals surface area contributed by atoms with Crippen molar-refractivity contribution >= 4 is 35.2 Å². The fourth-order valence-corrected chi connectivity index (χ4v) is 4.15. The predicted molar refractivity (Wildman–Crippen MR) is 104 cm³/mol. The van der Waals surface area contributed by atoms with Crippen LogP contribution in [0, 0.1) is 0 Å². The average molecular weight is 388 g/mol. The zero-order valence-electron chi connectivity index (χ0n) is 14.3. The number of halogens is 2. The molecule has 0 aliphatic carbocycles. The van der Waals surface area contributed by atoms with E-state index in [1.807, 2.05) is 24.3 Å². The van der Waals surface area contributed by atoms with E-state index in [4.69, 9.17) is 27.9 Å². The Hall–Kier alpha value is -1.97. The van der Waals surface area contributed by atoms with Crippen LogP contribution in [0.2, 0.25) is 10.0 Å². The molecule has 1 unspecified atom stereocenters. The van der Waals surface area contributed by atoms with Crippen molar-refractivity contribution in [3.63, 3.8) is 0 Å². The molecule has 26 heavy (non-hydrogen) atoms. The summed E-state index contributed by atoms with van der Waals surface area (Å²) in [4.78, 5) is 14.9. The zero-order valence-corrected chi connectivity index (χ0v) is 15.8. The van der Waals surface area contributed by atoms with Crippen molar-refractivity contribution in [1.29, 1.82) is 0 Å². The van der Waals surface area contributed by atoms with E-state index in [1.54, 1.807) is 24.3 Å². The summed E-state index contributed by atoms with van der Waals surface area (Å²) in [5.41, 5.74) is 2.36. The van der Waals surface area contributed by atoms with E-state index >= 15 is 0 Å². The molecule has 0 spiro atoms. The number of esters is 1. The SMILES string of the molecule is O=C(OC12CCCN(C1)/C(=C/c1cccc(Cl)c1)C2)c1ccc(Cl)cc1. The second-order valence-electron chi connectivity index (χ2n) is 6.97. The average Bonchev–Trinajstić information content (AvgIpc) is 2.84. The quantitative estimate of drug-likeness (QED) is 0.657. The summed E-state index contributed by atoms with van der Waals surface area (Å²) in [7, 11) is 0. The number of ether oxygens (including phenoxy) is 1. The van der Waals surface area contributed by atoms with Crippen LogP contribution in [-0.4, -0.2) is 29.6 Å². The van der Waals surface area contributed by atoms with Crippen molar-refractivity contribution < 1.29 is 9.53 Å². The van der Waals surface area contributed by atoms with Gasteiger partial charge in [-0.1, -0.05) is 35.3 Å². The fourth-order valence-electron chi connectivity index (χ4n) is 3.82. The minimum absolute atomic E-state index is 0.285. The molecule has 2 saturated heterocycles. The summed E-state index contributed by atoms with van der Waals surface area (Å²) < 4.78 is 6.00. The molecule has 0 amide bonds. The van der Waals surface area contributed by atoms with Crippen LogP contribution in [-0.2, 0) is 4.74 Å². The van der Waals surface area contributed by atoms with E-state index in [2.05, 4.69) is 11.0 Å². The summed E-state index contributed by atoms with van der Waals surface area (Å²) in [6, 6.07) is 14.6. The van der Waals surface area contributed by atoms with E-state index in [0.717, 1.165) is 42.9 Å². The van der Waals surface area contributed by atoms with Crippen LogP contribution in [0.3, 0.4) is 0 Å². The van der Waals surface area contributed by atoms with Crippen LogP contribution in [0.4, 0.5) is 0 Å². The van der Waals surface area contributed by atoms with Gasteiger partial charge in [-0.25, -0.2) is 4.79 Å². The van der Waals surface area contributed by atoms with Crippen LogP contribution < -0.4 is 0 Å². The lowest BCUT2D eigenvalue weighted by atomic mass is 9.94. The zero-order chi connectivity index (χ0) is 18.1. The number of rotatable bonds is 3. The van der Waals surface area contributed by atoms with Crippen molar-refractivity contribution in [1.82, 2.24) is 4.90 Å². The molecule has 2 aliphatic heterocycles. The molecule has 2 heterocycles. The van der Waals surface area contributed by atoms with E-state index < -0.39 is 5.60 Å². The molecule has 2 bridgehead atoms. The molecule has 2 aliphatic rings. The van der Waals surface area contributed by atoms with E-state index in [-0.39, 0.29) is 5.97 Å². The van der Waals surface area contributed by atoms with E-state index in [1.165, 1.54) is 5.70 Å².